The van der Waals surface area contributed by atoms with E-state index in [1.807, 2.05) is 0 Å². The minimum atomic E-state index is -3.22. The van der Waals surface area contributed by atoms with Crippen LogP contribution >= 0.6 is 77.8 Å². The molecule has 1 N–H and O–H groups in total. The lowest BCUT2D eigenvalue weighted by Crippen LogP contribution is -2.36. The van der Waals surface area contributed by atoms with Crippen LogP contribution in [-0.4, -0.2) is 25.8 Å². The molecule has 0 aromatic heterocycles. The average molecular weight is 408 g/mol. The van der Waals surface area contributed by atoms with Gasteiger partial charge in [-0.15, -0.1) is 0 Å². The largest absolute Gasteiger partial charge is 0.376 e. The SMILES string of the molecule is CC1CNCCO1.O=P(Cl)(Cl)Cl.O=P(Cl)(Cl)Cl. The van der Waals surface area contributed by atoms with Crippen molar-refractivity contribution < 1.29 is 13.9 Å². The van der Waals surface area contributed by atoms with Gasteiger partial charge in [-0.2, -0.15) is 0 Å². The molecule has 1 saturated heterocycles. The van der Waals surface area contributed by atoms with Crippen LogP contribution in [0.3, 0.4) is 0 Å². The van der Waals surface area contributed by atoms with Gasteiger partial charge in [0.2, 0.25) is 0 Å². The number of rotatable bonds is 0. The van der Waals surface area contributed by atoms with Crippen LogP contribution in [0.4, 0.5) is 0 Å². The summed E-state index contributed by atoms with van der Waals surface area (Å²) in [4.78, 5) is 0. The van der Waals surface area contributed by atoms with Crippen LogP contribution < -0.4 is 5.32 Å². The zero-order valence-corrected chi connectivity index (χ0v) is 14.9. The van der Waals surface area contributed by atoms with E-state index >= 15 is 0 Å². The molecule has 1 fully saturated rings. The first-order chi connectivity index (χ1) is 7.39. The van der Waals surface area contributed by atoms with E-state index in [1.165, 1.54) is 0 Å². The summed E-state index contributed by atoms with van der Waals surface area (Å²) in [5, 5.41) is -3.23. The normalized spacial score (nSPS) is 20.5. The molecule has 106 valence electrons. The highest BCUT2D eigenvalue weighted by Crippen LogP contribution is 2.61. The second-order valence-electron chi connectivity index (χ2n) is 2.68. The summed E-state index contributed by atoms with van der Waals surface area (Å²) >= 11 is 27.7. The first-order valence-electron chi connectivity index (χ1n) is 4.10. The van der Waals surface area contributed by atoms with E-state index in [2.05, 4.69) is 79.7 Å². The van der Waals surface area contributed by atoms with E-state index in [0.29, 0.717) is 6.10 Å². The van der Waals surface area contributed by atoms with Gasteiger partial charge in [0.25, 0.3) is 0 Å². The van der Waals surface area contributed by atoms with Crippen LogP contribution in [0.2, 0.25) is 0 Å². The monoisotopic (exact) mass is 405 g/mol. The zero-order valence-electron chi connectivity index (χ0n) is 8.59. The maximum atomic E-state index is 9.51. The number of nitrogens with one attached hydrogen (secondary N) is 1. The summed E-state index contributed by atoms with van der Waals surface area (Å²) in [6, 6.07) is 0. The fraction of sp³-hybridized carbons (Fsp3) is 1.00. The zero-order chi connectivity index (χ0) is 14.1. The van der Waals surface area contributed by atoms with Gasteiger partial charge in [0.1, 0.15) is 0 Å². The molecule has 0 saturated carbocycles. The van der Waals surface area contributed by atoms with Gasteiger partial charge < -0.3 is 10.1 Å². The summed E-state index contributed by atoms with van der Waals surface area (Å²) in [6.45, 7) is 4.98. The maximum absolute atomic E-state index is 9.51. The Balaban J connectivity index is 0. The molecular weight excluding hydrogens is 397 g/mol. The van der Waals surface area contributed by atoms with Gasteiger partial charge in [0.05, 0.1) is 12.7 Å². The molecule has 0 amide bonds. The predicted octanol–water partition coefficient (Wildman–Crippen LogP) is 5.62. The van der Waals surface area contributed by atoms with E-state index in [-0.39, 0.29) is 0 Å². The highest BCUT2D eigenvalue weighted by atomic mass is 36.1. The van der Waals surface area contributed by atoms with Crippen LogP contribution in [-0.2, 0) is 13.9 Å². The van der Waals surface area contributed by atoms with Gasteiger partial charge in [-0.05, 0) is 74.4 Å². The van der Waals surface area contributed by atoms with Gasteiger partial charge in [-0.1, -0.05) is 0 Å². The van der Waals surface area contributed by atoms with E-state index in [9.17, 15) is 9.13 Å². The van der Waals surface area contributed by atoms with E-state index in [4.69, 9.17) is 4.74 Å². The summed E-state index contributed by atoms with van der Waals surface area (Å²) in [5.41, 5.74) is 0. The van der Waals surface area contributed by atoms with Gasteiger partial charge in [0.15, 0.2) is 0 Å². The van der Waals surface area contributed by atoms with Crippen molar-refractivity contribution in [2.75, 3.05) is 19.7 Å². The Morgan fingerprint density at radius 2 is 1.41 bits per heavy atom. The topological polar surface area (TPSA) is 55.4 Å². The van der Waals surface area contributed by atoms with Crippen LogP contribution in [0, 0.1) is 0 Å². The summed E-state index contributed by atoms with van der Waals surface area (Å²) in [7, 11) is 0. The van der Waals surface area contributed by atoms with Crippen LogP contribution in [0.25, 0.3) is 0 Å². The van der Waals surface area contributed by atoms with Crippen molar-refractivity contribution >= 4 is 77.8 Å². The van der Waals surface area contributed by atoms with Crippen molar-refractivity contribution in [2.24, 2.45) is 0 Å². The number of hydrogen-bond acceptors (Lipinski definition) is 4. The second-order valence-corrected chi connectivity index (χ2v) is 16.0. The number of hydrogen-bond donors (Lipinski definition) is 1. The molecule has 12 heteroatoms. The summed E-state index contributed by atoms with van der Waals surface area (Å²) in [6.07, 6.45) is 0.425. The molecule has 1 heterocycles. The van der Waals surface area contributed by atoms with E-state index < -0.39 is 10.4 Å². The van der Waals surface area contributed by atoms with Gasteiger partial charge in [-0.25, -0.2) is 0 Å². The Kier molecular flexibility index (Phi) is 13.7. The summed E-state index contributed by atoms with van der Waals surface area (Å²) < 4.78 is 24.2. The smallest absolute Gasteiger partial charge is 0.339 e. The van der Waals surface area contributed by atoms with E-state index in [1.54, 1.807) is 0 Å². The second kappa shape index (κ2) is 10.9. The molecule has 1 aliphatic rings. The van der Waals surface area contributed by atoms with Crippen molar-refractivity contribution in [3.05, 3.63) is 0 Å². The molecule has 1 rings (SSSR count). The molecule has 0 aromatic rings. The fourth-order valence-electron chi connectivity index (χ4n) is 0.697. The maximum Gasteiger partial charge on any atom is 0.339 e. The lowest BCUT2D eigenvalue weighted by molar-refractivity contribution is 0.0410. The van der Waals surface area contributed by atoms with Crippen LogP contribution in [0.1, 0.15) is 6.92 Å². The lowest BCUT2D eigenvalue weighted by Gasteiger charge is -2.18. The molecular formula is C5H11Cl6NO3P2. The molecule has 1 unspecified atom stereocenters. The molecule has 1 aliphatic heterocycles. The van der Waals surface area contributed by atoms with Crippen molar-refractivity contribution in [2.45, 2.75) is 13.0 Å². The molecule has 4 nitrogen and oxygen atoms in total. The molecule has 0 bridgehead atoms. The minimum absolute atomic E-state index is 0.425. The number of halogens is 6. The van der Waals surface area contributed by atoms with Gasteiger partial charge in [-0.3, -0.25) is 9.13 Å². The van der Waals surface area contributed by atoms with Crippen molar-refractivity contribution in [3.8, 4) is 0 Å². The lowest BCUT2D eigenvalue weighted by atomic mass is 10.3. The Morgan fingerprint density at radius 1 is 1.06 bits per heavy atom. The molecule has 17 heavy (non-hydrogen) atoms. The molecule has 1 atom stereocenters. The Morgan fingerprint density at radius 3 is 1.53 bits per heavy atom. The standard InChI is InChI=1S/C5H11NO.2Cl3OP/c1-5-4-6-2-3-7-5;2*1-5(2,3)4/h5-6H,2-4H2,1H3;;. The quantitative estimate of drug-likeness (QED) is 0.530. The van der Waals surface area contributed by atoms with Gasteiger partial charge >= 0.3 is 10.4 Å². The first-order valence-corrected chi connectivity index (χ1v) is 12.9. The molecule has 0 spiro atoms. The van der Waals surface area contributed by atoms with E-state index in [0.717, 1.165) is 19.7 Å². The highest BCUT2D eigenvalue weighted by Gasteiger charge is 2.05. The third-order valence-corrected chi connectivity index (χ3v) is 1.11. The fourth-order valence-corrected chi connectivity index (χ4v) is 0.697. The highest BCUT2D eigenvalue weighted by molar-refractivity contribution is 8.25. The number of morpholine rings is 1. The minimum Gasteiger partial charge on any atom is -0.376 e. The molecule has 0 aliphatic carbocycles. The Bertz CT molecular complexity index is 238. The molecule has 0 radical (unpaired) electrons. The molecule has 0 aromatic carbocycles. The van der Waals surface area contributed by atoms with Crippen LogP contribution in [0.15, 0.2) is 0 Å². The Hall–Kier alpha value is 2.12. The van der Waals surface area contributed by atoms with Crippen molar-refractivity contribution in [1.82, 2.24) is 5.32 Å². The third kappa shape index (κ3) is 46.0. The van der Waals surface area contributed by atoms with Crippen LogP contribution in [0.5, 0.6) is 0 Å². The number of ether oxygens (including phenoxy) is 1. The third-order valence-electron chi connectivity index (χ3n) is 1.11. The van der Waals surface area contributed by atoms with Gasteiger partial charge in [0, 0.05) is 13.1 Å². The average Bonchev–Trinajstić information content (AvgIpc) is 1.98. The predicted molar refractivity (Wildman–Crippen MR) is 78.6 cm³/mol. The summed E-state index contributed by atoms with van der Waals surface area (Å²) in [5.74, 6) is 0. The van der Waals surface area contributed by atoms with Crippen molar-refractivity contribution in [3.63, 3.8) is 0 Å². The first kappa shape index (κ1) is 21.4. The van der Waals surface area contributed by atoms with Crippen molar-refractivity contribution in [1.29, 1.82) is 0 Å². The Labute approximate surface area is 129 Å².